The van der Waals surface area contributed by atoms with Gasteiger partial charge in [-0.25, -0.2) is 0 Å². The zero-order chi connectivity index (χ0) is 12.7. The molecule has 0 fully saturated rings. The van der Waals surface area contributed by atoms with Crippen molar-refractivity contribution in [3.05, 3.63) is 29.3 Å². The van der Waals surface area contributed by atoms with Gasteiger partial charge in [0.25, 0.3) is 0 Å². The molecule has 0 spiro atoms. The van der Waals surface area contributed by atoms with Gasteiger partial charge in [0, 0.05) is 11.9 Å². The Balaban J connectivity index is 2.37. The molecule has 17 heavy (non-hydrogen) atoms. The van der Waals surface area contributed by atoms with Gasteiger partial charge >= 0.3 is 0 Å². The number of nitrogens with one attached hydrogen (secondary N) is 1. The molecule has 0 bridgehead atoms. The first-order chi connectivity index (χ1) is 8.13. The number of aliphatic hydroxyl groups is 1. The van der Waals surface area contributed by atoms with Gasteiger partial charge in [0.1, 0.15) is 0 Å². The molecule has 1 aromatic carbocycles. The van der Waals surface area contributed by atoms with Crippen molar-refractivity contribution in [1.82, 2.24) is 0 Å². The molecule has 0 aliphatic rings. The van der Waals surface area contributed by atoms with Crippen molar-refractivity contribution < 1.29 is 9.90 Å². The van der Waals surface area contributed by atoms with Gasteiger partial charge in [-0.3, -0.25) is 4.79 Å². The third-order valence-corrected chi connectivity index (χ3v) is 3.75. The first kappa shape index (κ1) is 14.4. The summed E-state index contributed by atoms with van der Waals surface area (Å²) in [7, 11) is 0. The van der Waals surface area contributed by atoms with Gasteiger partial charge < -0.3 is 10.4 Å². The summed E-state index contributed by atoms with van der Waals surface area (Å²) >= 11 is 7.45. The molecule has 0 aromatic heterocycles. The predicted molar refractivity (Wildman–Crippen MR) is 73.7 cm³/mol. The standard InChI is InChI=1S/C12H16ClNO2S/c1-9(6-7-15)17-8-12(16)14-11-5-3-2-4-10(11)13/h2-5,9,15H,6-8H2,1H3,(H,14,16). The highest BCUT2D eigenvalue weighted by Gasteiger charge is 2.08. The lowest BCUT2D eigenvalue weighted by Crippen LogP contribution is -2.16. The van der Waals surface area contributed by atoms with Gasteiger partial charge in [-0.1, -0.05) is 30.7 Å². The molecular formula is C12H16ClNO2S. The number of amides is 1. The summed E-state index contributed by atoms with van der Waals surface area (Å²) in [5.74, 6) is 0.291. The average molecular weight is 274 g/mol. The van der Waals surface area contributed by atoms with Crippen LogP contribution in [0.5, 0.6) is 0 Å². The molecule has 0 saturated carbocycles. The molecule has 1 atom stereocenters. The van der Waals surface area contributed by atoms with Crippen molar-refractivity contribution in [2.45, 2.75) is 18.6 Å². The average Bonchev–Trinajstić information content (AvgIpc) is 2.30. The second-order valence-electron chi connectivity index (χ2n) is 3.66. The second-order valence-corrected chi connectivity index (χ2v) is 5.50. The van der Waals surface area contributed by atoms with Crippen LogP contribution in [-0.4, -0.2) is 28.6 Å². The minimum Gasteiger partial charge on any atom is -0.396 e. The number of hydrogen-bond acceptors (Lipinski definition) is 3. The zero-order valence-electron chi connectivity index (χ0n) is 9.65. The van der Waals surface area contributed by atoms with Crippen molar-refractivity contribution in [3.63, 3.8) is 0 Å². The van der Waals surface area contributed by atoms with E-state index in [2.05, 4.69) is 5.32 Å². The lowest BCUT2D eigenvalue weighted by atomic mass is 10.3. The summed E-state index contributed by atoms with van der Waals surface area (Å²) in [6, 6.07) is 7.14. The fraction of sp³-hybridized carbons (Fsp3) is 0.417. The van der Waals surface area contributed by atoms with E-state index in [0.29, 0.717) is 22.9 Å². The third kappa shape index (κ3) is 5.44. The monoisotopic (exact) mass is 273 g/mol. The Labute approximate surface area is 111 Å². The normalized spacial score (nSPS) is 12.2. The number of anilines is 1. The van der Waals surface area contributed by atoms with Crippen molar-refractivity contribution >= 4 is 35.0 Å². The molecule has 0 radical (unpaired) electrons. The first-order valence-electron chi connectivity index (χ1n) is 5.40. The number of carbonyl (C=O) groups is 1. The first-order valence-corrected chi connectivity index (χ1v) is 6.83. The molecule has 5 heteroatoms. The largest absolute Gasteiger partial charge is 0.396 e. The van der Waals surface area contributed by atoms with E-state index in [9.17, 15) is 4.79 Å². The van der Waals surface area contributed by atoms with E-state index in [1.165, 1.54) is 11.8 Å². The number of benzene rings is 1. The van der Waals surface area contributed by atoms with Crippen LogP contribution in [-0.2, 0) is 4.79 Å². The summed E-state index contributed by atoms with van der Waals surface area (Å²) in [5, 5.41) is 12.3. The van der Waals surface area contributed by atoms with Gasteiger partial charge in [-0.15, -0.1) is 11.8 Å². The Morgan fingerprint density at radius 3 is 2.88 bits per heavy atom. The maximum Gasteiger partial charge on any atom is 0.234 e. The van der Waals surface area contributed by atoms with Crippen LogP contribution in [0, 0.1) is 0 Å². The predicted octanol–water partition coefficient (Wildman–Crippen LogP) is 2.78. The van der Waals surface area contributed by atoms with Crippen LogP contribution in [0.25, 0.3) is 0 Å². The summed E-state index contributed by atoms with van der Waals surface area (Å²) in [6.07, 6.45) is 0.698. The van der Waals surface area contributed by atoms with Crippen molar-refractivity contribution in [3.8, 4) is 0 Å². The highest BCUT2D eigenvalue weighted by atomic mass is 35.5. The second kappa shape index (κ2) is 7.58. The molecule has 1 unspecified atom stereocenters. The number of carbonyl (C=O) groups excluding carboxylic acids is 1. The lowest BCUT2D eigenvalue weighted by molar-refractivity contribution is -0.113. The van der Waals surface area contributed by atoms with E-state index in [-0.39, 0.29) is 17.8 Å². The van der Waals surface area contributed by atoms with Gasteiger partial charge in [0.2, 0.25) is 5.91 Å². The van der Waals surface area contributed by atoms with Gasteiger partial charge in [0.15, 0.2) is 0 Å². The zero-order valence-corrected chi connectivity index (χ0v) is 11.2. The Hall–Kier alpha value is -0.710. The molecule has 0 saturated heterocycles. The number of aliphatic hydroxyl groups excluding tert-OH is 1. The van der Waals surface area contributed by atoms with E-state index in [0.717, 1.165) is 0 Å². The van der Waals surface area contributed by atoms with Crippen LogP contribution in [0.3, 0.4) is 0 Å². The third-order valence-electron chi connectivity index (χ3n) is 2.18. The summed E-state index contributed by atoms with van der Waals surface area (Å²) < 4.78 is 0. The Bertz CT molecular complexity index is 373. The Morgan fingerprint density at radius 2 is 2.24 bits per heavy atom. The molecule has 1 rings (SSSR count). The molecule has 0 heterocycles. The van der Waals surface area contributed by atoms with Crippen LogP contribution >= 0.6 is 23.4 Å². The van der Waals surface area contributed by atoms with Crippen molar-refractivity contribution in [2.75, 3.05) is 17.7 Å². The van der Waals surface area contributed by atoms with Gasteiger partial charge in [-0.2, -0.15) is 0 Å². The fourth-order valence-electron chi connectivity index (χ4n) is 1.23. The number of para-hydroxylation sites is 1. The molecule has 0 aliphatic carbocycles. The van der Waals surface area contributed by atoms with E-state index in [1.807, 2.05) is 19.1 Å². The molecule has 94 valence electrons. The number of thioether (sulfide) groups is 1. The smallest absolute Gasteiger partial charge is 0.234 e. The summed E-state index contributed by atoms with van der Waals surface area (Å²) in [4.78, 5) is 11.6. The summed E-state index contributed by atoms with van der Waals surface area (Å²) in [5.41, 5.74) is 0.634. The van der Waals surface area contributed by atoms with Crippen LogP contribution in [0.4, 0.5) is 5.69 Å². The molecule has 0 aliphatic heterocycles. The molecule has 3 nitrogen and oxygen atoms in total. The van der Waals surface area contributed by atoms with E-state index < -0.39 is 0 Å². The number of rotatable bonds is 6. The van der Waals surface area contributed by atoms with E-state index >= 15 is 0 Å². The van der Waals surface area contributed by atoms with Crippen LogP contribution in [0.2, 0.25) is 5.02 Å². The Morgan fingerprint density at radius 1 is 1.53 bits per heavy atom. The van der Waals surface area contributed by atoms with Gasteiger partial charge in [-0.05, 0) is 18.6 Å². The summed E-state index contributed by atoms with van der Waals surface area (Å²) in [6.45, 7) is 2.14. The minimum absolute atomic E-state index is 0.0760. The maximum atomic E-state index is 11.6. The van der Waals surface area contributed by atoms with E-state index in [4.69, 9.17) is 16.7 Å². The van der Waals surface area contributed by atoms with Crippen LogP contribution in [0.15, 0.2) is 24.3 Å². The quantitative estimate of drug-likeness (QED) is 0.838. The topological polar surface area (TPSA) is 49.3 Å². The lowest BCUT2D eigenvalue weighted by Gasteiger charge is -2.10. The number of halogens is 1. The van der Waals surface area contributed by atoms with Crippen molar-refractivity contribution in [1.29, 1.82) is 0 Å². The van der Waals surface area contributed by atoms with E-state index in [1.54, 1.807) is 12.1 Å². The minimum atomic E-state index is -0.0760. The molecular weight excluding hydrogens is 258 g/mol. The van der Waals surface area contributed by atoms with Crippen LogP contribution < -0.4 is 5.32 Å². The highest BCUT2D eigenvalue weighted by Crippen LogP contribution is 2.21. The fourth-order valence-corrected chi connectivity index (χ4v) is 2.20. The molecule has 2 N–H and O–H groups in total. The Kier molecular flexibility index (Phi) is 6.40. The molecule has 1 amide bonds. The highest BCUT2D eigenvalue weighted by molar-refractivity contribution is 8.00. The van der Waals surface area contributed by atoms with Crippen LogP contribution in [0.1, 0.15) is 13.3 Å². The maximum absolute atomic E-state index is 11.6. The van der Waals surface area contributed by atoms with Gasteiger partial charge in [0.05, 0.1) is 16.5 Å². The molecule has 1 aromatic rings. The number of hydrogen-bond donors (Lipinski definition) is 2. The SMILES string of the molecule is CC(CCO)SCC(=O)Nc1ccccc1Cl. The van der Waals surface area contributed by atoms with Crippen molar-refractivity contribution in [2.24, 2.45) is 0 Å².